The Hall–Kier alpha value is -1.99. The number of aryl methyl sites for hydroxylation is 1. The molecule has 0 bridgehead atoms. The van der Waals surface area contributed by atoms with Crippen molar-refractivity contribution in [3.8, 4) is 11.5 Å². The van der Waals surface area contributed by atoms with Crippen LogP contribution in [-0.4, -0.2) is 10.2 Å². The fraction of sp³-hybridized carbons (Fsp3) is 0.222. The second-order valence-corrected chi connectivity index (χ2v) is 7.54. The third kappa shape index (κ3) is 4.22. The number of hydrogen-bond acceptors (Lipinski definition) is 4. The van der Waals surface area contributed by atoms with Crippen molar-refractivity contribution in [2.24, 2.45) is 0 Å². The summed E-state index contributed by atoms with van der Waals surface area (Å²) in [5, 5.41) is 7.41. The highest BCUT2D eigenvalue weighted by Crippen LogP contribution is 2.40. The van der Waals surface area contributed by atoms with Crippen molar-refractivity contribution in [1.29, 1.82) is 0 Å². The topological polar surface area (TPSA) is 38.9 Å². The smallest absolute Gasteiger partial charge is 0.417 e. The van der Waals surface area contributed by atoms with Crippen LogP contribution < -0.4 is 0 Å². The maximum atomic E-state index is 13.0. The molecular weight excluding hydrogens is 385 g/mol. The summed E-state index contributed by atoms with van der Waals surface area (Å²) in [6.45, 7) is 3.75. The Morgan fingerprint density at radius 2 is 1.88 bits per heavy atom. The Morgan fingerprint density at radius 3 is 2.58 bits per heavy atom. The van der Waals surface area contributed by atoms with Gasteiger partial charge < -0.3 is 4.42 Å². The first-order valence-electron chi connectivity index (χ1n) is 7.68. The average molecular weight is 399 g/mol. The van der Waals surface area contributed by atoms with E-state index in [1.807, 2.05) is 31.2 Å². The fourth-order valence-electron chi connectivity index (χ4n) is 2.34. The highest BCUT2D eigenvalue weighted by molar-refractivity contribution is 7.99. The van der Waals surface area contributed by atoms with Gasteiger partial charge in [-0.1, -0.05) is 29.3 Å². The second kappa shape index (κ2) is 7.32. The van der Waals surface area contributed by atoms with E-state index in [0.29, 0.717) is 16.7 Å². The van der Waals surface area contributed by atoms with Crippen LogP contribution in [0.5, 0.6) is 0 Å². The van der Waals surface area contributed by atoms with Crippen LogP contribution in [0, 0.1) is 6.92 Å². The van der Waals surface area contributed by atoms with E-state index in [0.717, 1.165) is 17.2 Å². The lowest BCUT2D eigenvalue weighted by Gasteiger charge is -2.12. The lowest BCUT2D eigenvalue weighted by molar-refractivity contribution is -0.137. The van der Waals surface area contributed by atoms with Gasteiger partial charge in [0.2, 0.25) is 11.8 Å². The molecule has 3 rings (SSSR count). The molecule has 0 aliphatic heterocycles. The molecule has 0 radical (unpaired) electrons. The predicted octanol–water partition coefficient (Wildman–Crippen LogP) is 6.57. The van der Waals surface area contributed by atoms with Gasteiger partial charge in [0.25, 0.3) is 0 Å². The molecule has 0 amide bonds. The summed E-state index contributed by atoms with van der Waals surface area (Å²) >= 11 is 6.84. The molecule has 0 aliphatic rings. The molecular formula is C18H14ClF3N2OS. The minimum Gasteiger partial charge on any atom is -0.419 e. The third-order valence-corrected chi connectivity index (χ3v) is 5.02. The van der Waals surface area contributed by atoms with Gasteiger partial charge in [-0.2, -0.15) is 13.2 Å². The normalized spacial score (nSPS) is 13.0. The number of rotatable bonds is 4. The molecule has 2 aromatic carbocycles. The van der Waals surface area contributed by atoms with Crippen LogP contribution in [-0.2, 0) is 6.18 Å². The Kier molecular flexibility index (Phi) is 5.29. The van der Waals surface area contributed by atoms with Crippen LogP contribution in [0.4, 0.5) is 13.2 Å². The van der Waals surface area contributed by atoms with E-state index < -0.39 is 11.7 Å². The molecule has 0 saturated heterocycles. The molecule has 0 saturated carbocycles. The third-order valence-electron chi connectivity index (χ3n) is 3.61. The zero-order chi connectivity index (χ0) is 18.9. The van der Waals surface area contributed by atoms with Gasteiger partial charge >= 0.3 is 6.18 Å². The van der Waals surface area contributed by atoms with E-state index in [1.165, 1.54) is 23.9 Å². The minimum atomic E-state index is -4.50. The zero-order valence-corrected chi connectivity index (χ0v) is 15.4. The molecule has 0 N–H and O–H groups in total. The van der Waals surface area contributed by atoms with Crippen molar-refractivity contribution in [2.75, 3.05) is 0 Å². The summed E-state index contributed by atoms with van der Waals surface area (Å²) in [4.78, 5) is 0.421. The highest BCUT2D eigenvalue weighted by Gasteiger charge is 2.33. The van der Waals surface area contributed by atoms with E-state index in [4.69, 9.17) is 16.0 Å². The van der Waals surface area contributed by atoms with Crippen molar-refractivity contribution in [3.05, 3.63) is 64.5 Å². The number of aromatic nitrogens is 2. The summed E-state index contributed by atoms with van der Waals surface area (Å²) in [5.74, 6) is 0.721. The summed E-state index contributed by atoms with van der Waals surface area (Å²) in [6, 6.07) is 11.4. The standard InChI is InChI=1S/C18H14ClF3N2OS/c1-10-4-3-5-12(8-10)17-24-23-16(25-17)11(2)26-13-6-7-15(19)14(9-13)18(20,21)22/h3-9,11H,1-2H3/t11-/m0/s1. The molecule has 3 nitrogen and oxygen atoms in total. The summed E-state index contributed by atoms with van der Waals surface area (Å²) in [7, 11) is 0. The van der Waals surface area contributed by atoms with Crippen molar-refractivity contribution in [3.63, 3.8) is 0 Å². The van der Waals surface area contributed by atoms with Gasteiger partial charge in [0.1, 0.15) is 0 Å². The van der Waals surface area contributed by atoms with Crippen LogP contribution in [0.1, 0.15) is 29.2 Å². The van der Waals surface area contributed by atoms with Gasteiger partial charge in [0.05, 0.1) is 15.8 Å². The van der Waals surface area contributed by atoms with Crippen LogP contribution in [0.15, 0.2) is 51.8 Å². The number of thioether (sulfide) groups is 1. The number of halogens is 4. The first kappa shape index (κ1) is 18.8. The molecule has 1 heterocycles. The largest absolute Gasteiger partial charge is 0.419 e. The Balaban J connectivity index is 1.80. The van der Waals surface area contributed by atoms with Gasteiger partial charge in [0.15, 0.2) is 0 Å². The number of nitrogens with zero attached hydrogens (tertiary/aromatic N) is 2. The molecule has 1 atom stereocenters. The van der Waals surface area contributed by atoms with Crippen LogP contribution in [0.25, 0.3) is 11.5 Å². The monoisotopic (exact) mass is 398 g/mol. The second-order valence-electron chi connectivity index (χ2n) is 5.71. The molecule has 0 aliphatic carbocycles. The number of hydrogen-bond donors (Lipinski definition) is 0. The molecule has 8 heteroatoms. The lowest BCUT2D eigenvalue weighted by atomic mass is 10.1. The molecule has 0 fully saturated rings. The van der Waals surface area contributed by atoms with Crippen LogP contribution >= 0.6 is 23.4 Å². The van der Waals surface area contributed by atoms with E-state index in [9.17, 15) is 13.2 Å². The number of alkyl halides is 3. The summed E-state index contributed by atoms with van der Waals surface area (Å²) in [6.07, 6.45) is -4.50. The van der Waals surface area contributed by atoms with Gasteiger partial charge in [-0.25, -0.2) is 0 Å². The Bertz CT molecular complexity index is 927. The van der Waals surface area contributed by atoms with Gasteiger partial charge in [0, 0.05) is 10.5 Å². The molecule has 0 spiro atoms. The van der Waals surface area contributed by atoms with Crippen LogP contribution in [0.2, 0.25) is 5.02 Å². The molecule has 136 valence electrons. The van der Waals surface area contributed by atoms with Crippen molar-refractivity contribution in [1.82, 2.24) is 10.2 Å². The quantitative estimate of drug-likeness (QED) is 0.466. The number of benzene rings is 2. The van der Waals surface area contributed by atoms with Crippen LogP contribution in [0.3, 0.4) is 0 Å². The zero-order valence-electron chi connectivity index (χ0n) is 13.8. The lowest BCUT2D eigenvalue weighted by Crippen LogP contribution is -2.05. The molecule has 0 unspecified atom stereocenters. The maximum Gasteiger partial charge on any atom is 0.417 e. The first-order chi connectivity index (χ1) is 12.2. The predicted molar refractivity (Wildman–Crippen MR) is 95.2 cm³/mol. The maximum absolute atomic E-state index is 13.0. The highest BCUT2D eigenvalue weighted by atomic mass is 35.5. The Morgan fingerprint density at radius 1 is 1.12 bits per heavy atom. The summed E-state index contributed by atoms with van der Waals surface area (Å²) in [5.41, 5.74) is 1.000. The molecule has 1 aromatic heterocycles. The van der Waals surface area contributed by atoms with Crippen molar-refractivity contribution in [2.45, 2.75) is 30.2 Å². The minimum absolute atomic E-state index is 0.316. The van der Waals surface area contributed by atoms with E-state index in [-0.39, 0.29) is 10.3 Å². The molecule has 26 heavy (non-hydrogen) atoms. The first-order valence-corrected chi connectivity index (χ1v) is 8.93. The molecule has 3 aromatic rings. The van der Waals surface area contributed by atoms with Crippen molar-refractivity contribution < 1.29 is 17.6 Å². The summed E-state index contributed by atoms with van der Waals surface area (Å²) < 4.78 is 44.6. The fourth-order valence-corrected chi connectivity index (χ4v) is 3.50. The van der Waals surface area contributed by atoms with Gasteiger partial charge in [-0.05, 0) is 44.2 Å². The average Bonchev–Trinajstić information content (AvgIpc) is 3.06. The van der Waals surface area contributed by atoms with E-state index >= 15 is 0 Å². The van der Waals surface area contributed by atoms with E-state index in [1.54, 1.807) is 6.92 Å². The Labute approximate surface area is 157 Å². The SMILES string of the molecule is Cc1cccc(-c2nnc([C@H](C)Sc3ccc(Cl)c(C(F)(F)F)c3)o2)c1. The van der Waals surface area contributed by atoms with E-state index in [2.05, 4.69) is 10.2 Å². The van der Waals surface area contributed by atoms with Crippen molar-refractivity contribution >= 4 is 23.4 Å². The van der Waals surface area contributed by atoms with Gasteiger partial charge in [-0.15, -0.1) is 22.0 Å². The van der Waals surface area contributed by atoms with Gasteiger partial charge in [-0.3, -0.25) is 0 Å².